The van der Waals surface area contributed by atoms with Crippen LogP contribution in [0.4, 0.5) is 4.39 Å². The van der Waals surface area contributed by atoms with E-state index in [4.69, 9.17) is 16.6 Å². The molecule has 0 fully saturated rings. The summed E-state index contributed by atoms with van der Waals surface area (Å²) in [7, 11) is 0. The summed E-state index contributed by atoms with van der Waals surface area (Å²) in [6, 6.07) is 10.6. The van der Waals surface area contributed by atoms with Gasteiger partial charge in [-0.3, -0.25) is 14.8 Å². The van der Waals surface area contributed by atoms with Gasteiger partial charge in [-0.1, -0.05) is 25.4 Å². The van der Waals surface area contributed by atoms with Crippen LogP contribution in [0, 0.1) is 5.82 Å². The van der Waals surface area contributed by atoms with Crippen LogP contribution >= 0.6 is 11.6 Å². The van der Waals surface area contributed by atoms with Gasteiger partial charge in [-0.25, -0.2) is 9.37 Å². The third-order valence-electron chi connectivity index (χ3n) is 5.51. The molecule has 0 aliphatic heterocycles. The summed E-state index contributed by atoms with van der Waals surface area (Å²) in [5.41, 5.74) is 5.58. The van der Waals surface area contributed by atoms with Crippen LogP contribution < -0.4 is 5.32 Å². The van der Waals surface area contributed by atoms with Gasteiger partial charge in [0.25, 0.3) is 0 Å². The van der Waals surface area contributed by atoms with Gasteiger partial charge in [0.15, 0.2) is 0 Å². The van der Waals surface area contributed by atoms with Crippen molar-refractivity contribution in [2.24, 2.45) is 0 Å². The lowest BCUT2D eigenvalue weighted by Gasteiger charge is -2.07. The Hall–Kier alpha value is -3.62. The Morgan fingerprint density at radius 3 is 2.76 bits per heavy atom. The van der Waals surface area contributed by atoms with Gasteiger partial charge in [0.1, 0.15) is 5.82 Å². The van der Waals surface area contributed by atoms with Crippen molar-refractivity contribution in [2.45, 2.75) is 26.4 Å². The number of aromatic amines is 1. The highest BCUT2D eigenvalue weighted by atomic mass is 35.5. The molecule has 0 unspecified atom stereocenters. The van der Waals surface area contributed by atoms with Gasteiger partial charge < -0.3 is 5.32 Å². The number of nitrogens with zero attached hydrogens (tertiary/aromatic N) is 5. The van der Waals surface area contributed by atoms with Crippen LogP contribution in [-0.2, 0) is 6.54 Å². The topological polar surface area (TPSA) is 84.3 Å². The van der Waals surface area contributed by atoms with Gasteiger partial charge in [0, 0.05) is 52.3 Å². The molecule has 0 saturated heterocycles. The van der Waals surface area contributed by atoms with Crippen molar-refractivity contribution in [1.29, 1.82) is 0 Å². The molecule has 0 saturated carbocycles. The zero-order valence-corrected chi connectivity index (χ0v) is 19.5. The van der Waals surface area contributed by atoms with Gasteiger partial charge in [-0.2, -0.15) is 10.2 Å². The van der Waals surface area contributed by atoms with E-state index in [1.807, 2.05) is 41.5 Å². The van der Waals surface area contributed by atoms with E-state index < -0.39 is 0 Å². The first-order valence-corrected chi connectivity index (χ1v) is 11.4. The molecular formula is C25H23ClFN7. The van der Waals surface area contributed by atoms with E-state index >= 15 is 0 Å². The average Bonchev–Trinajstić information content (AvgIpc) is 3.50. The minimum absolute atomic E-state index is 0.341. The van der Waals surface area contributed by atoms with Crippen molar-refractivity contribution in [1.82, 2.24) is 35.3 Å². The molecule has 0 aliphatic rings. The summed E-state index contributed by atoms with van der Waals surface area (Å²) in [4.78, 5) is 9.37. The number of rotatable bonds is 7. The van der Waals surface area contributed by atoms with E-state index in [1.165, 1.54) is 12.1 Å². The summed E-state index contributed by atoms with van der Waals surface area (Å²) in [6.07, 6.45) is 7.29. The number of nitrogens with one attached hydrogen (secondary N) is 2. The summed E-state index contributed by atoms with van der Waals surface area (Å²) in [5.74, 6) is -0.389. The van der Waals surface area contributed by atoms with Gasteiger partial charge in [0.05, 0.1) is 41.4 Å². The van der Waals surface area contributed by atoms with Crippen molar-refractivity contribution >= 4 is 22.6 Å². The maximum Gasteiger partial charge on any atom is 0.132 e. The smallest absolute Gasteiger partial charge is 0.132 e. The first-order chi connectivity index (χ1) is 16.5. The summed E-state index contributed by atoms with van der Waals surface area (Å²) in [5, 5.41) is 15.3. The first-order valence-electron chi connectivity index (χ1n) is 11.0. The Morgan fingerprint density at radius 2 is 1.91 bits per heavy atom. The highest BCUT2D eigenvalue weighted by Gasteiger charge is 2.16. The normalized spacial score (nSPS) is 11.6. The lowest BCUT2D eigenvalue weighted by atomic mass is 10.0. The number of hydrogen-bond donors (Lipinski definition) is 2. The lowest BCUT2D eigenvalue weighted by molar-refractivity contribution is 0.515. The van der Waals surface area contributed by atoms with Crippen LogP contribution in [0.2, 0.25) is 5.02 Å². The van der Waals surface area contributed by atoms with Crippen LogP contribution in [0.3, 0.4) is 0 Å². The lowest BCUT2D eigenvalue weighted by Crippen LogP contribution is -2.26. The molecule has 0 spiro atoms. The van der Waals surface area contributed by atoms with E-state index in [0.29, 0.717) is 33.6 Å². The molecule has 1 aromatic carbocycles. The van der Waals surface area contributed by atoms with E-state index in [2.05, 4.69) is 39.4 Å². The molecule has 7 nitrogen and oxygen atoms in total. The summed E-state index contributed by atoms with van der Waals surface area (Å²) < 4.78 is 16.4. The van der Waals surface area contributed by atoms with E-state index in [0.717, 1.165) is 35.2 Å². The molecule has 5 aromatic rings. The minimum Gasteiger partial charge on any atom is -0.313 e. The number of pyridine rings is 2. The van der Waals surface area contributed by atoms with E-state index in [9.17, 15) is 4.39 Å². The zero-order valence-electron chi connectivity index (χ0n) is 18.8. The van der Waals surface area contributed by atoms with Crippen LogP contribution in [0.1, 0.15) is 13.8 Å². The fourth-order valence-electron chi connectivity index (χ4n) is 3.79. The van der Waals surface area contributed by atoms with Crippen molar-refractivity contribution in [3.8, 4) is 33.6 Å². The number of fused-ring (bicyclic) bond motifs is 1. The Balaban J connectivity index is 1.47. The predicted octanol–water partition coefficient (Wildman–Crippen LogP) is 5.34. The van der Waals surface area contributed by atoms with Gasteiger partial charge in [-0.05, 0) is 36.4 Å². The molecular weight excluding hydrogens is 453 g/mol. The van der Waals surface area contributed by atoms with Crippen LogP contribution in [0.15, 0.2) is 61.2 Å². The van der Waals surface area contributed by atoms with Crippen molar-refractivity contribution in [2.75, 3.05) is 6.54 Å². The number of hydrogen-bond acceptors (Lipinski definition) is 5. The second kappa shape index (κ2) is 9.32. The molecule has 0 radical (unpaired) electrons. The minimum atomic E-state index is -0.389. The van der Waals surface area contributed by atoms with Gasteiger partial charge in [0.2, 0.25) is 0 Å². The highest BCUT2D eigenvalue weighted by Crippen LogP contribution is 2.33. The molecule has 0 atom stereocenters. The summed E-state index contributed by atoms with van der Waals surface area (Å²) >= 11 is 6.09. The fraction of sp³-hybridized carbons (Fsp3) is 0.200. The Bertz CT molecular complexity index is 1460. The maximum absolute atomic E-state index is 14.5. The molecule has 0 amide bonds. The fourth-order valence-corrected chi connectivity index (χ4v) is 3.96. The monoisotopic (exact) mass is 475 g/mol. The van der Waals surface area contributed by atoms with Gasteiger partial charge >= 0.3 is 0 Å². The third-order valence-corrected chi connectivity index (χ3v) is 5.75. The molecule has 0 aliphatic carbocycles. The largest absolute Gasteiger partial charge is 0.313 e. The second-order valence-corrected chi connectivity index (χ2v) is 8.78. The number of benzene rings is 1. The number of aromatic nitrogens is 6. The van der Waals surface area contributed by atoms with Crippen molar-refractivity contribution < 1.29 is 4.39 Å². The van der Waals surface area contributed by atoms with E-state index in [-0.39, 0.29) is 5.82 Å². The molecule has 5 rings (SSSR count). The SMILES string of the molecule is CC(C)NCCn1cc(-c2cnc3ccc(-c4cn[nH]c4-c4cc(Cl)ccc4F)nc3c2)cn1. The van der Waals surface area contributed by atoms with E-state index in [1.54, 1.807) is 12.3 Å². The zero-order chi connectivity index (χ0) is 23.7. The molecule has 34 heavy (non-hydrogen) atoms. The second-order valence-electron chi connectivity index (χ2n) is 8.34. The maximum atomic E-state index is 14.5. The molecule has 172 valence electrons. The van der Waals surface area contributed by atoms with Crippen LogP contribution in [-0.4, -0.2) is 42.5 Å². The Kier molecular flexibility index (Phi) is 6.08. The number of halogens is 2. The summed E-state index contributed by atoms with van der Waals surface area (Å²) in [6.45, 7) is 5.87. The van der Waals surface area contributed by atoms with Crippen LogP contribution in [0.25, 0.3) is 44.7 Å². The molecule has 0 bridgehead atoms. The first kappa shape index (κ1) is 22.2. The van der Waals surface area contributed by atoms with Crippen LogP contribution in [0.5, 0.6) is 0 Å². The molecule has 9 heteroatoms. The number of H-pyrrole nitrogens is 1. The third kappa shape index (κ3) is 4.55. The predicted molar refractivity (Wildman–Crippen MR) is 132 cm³/mol. The Morgan fingerprint density at radius 1 is 1.03 bits per heavy atom. The van der Waals surface area contributed by atoms with Gasteiger partial charge in [-0.15, -0.1) is 0 Å². The molecule has 4 heterocycles. The standard InChI is InChI=1S/C25H23ClFN7/c1-15(2)28-7-8-34-14-17(12-31-34)16-9-24-23(29-11-16)6-5-22(32-24)20-13-30-33-25(20)19-10-18(26)3-4-21(19)27/h3-6,9-15,28H,7-8H2,1-2H3,(H,30,33). The quantitative estimate of drug-likeness (QED) is 0.332. The molecule has 4 aromatic heterocycles. The van der Waals surface area contributed by atoms with Crippen molar-refractivity contribution in [3.63, 3.8) is 0 Å². The average molecular weight is 476 g/mol. The van der Waals surface area contributed by atoms with Crippen molar-refractivity contribution in [3.05, 3.63) is 72.0 Å². The molecule has 2 N–H and O–H groups in total. The highest BCUT2D eigenvalue weighted by molar-refractivity contribution is 6.30. The Labute approximate surface area is 201 Å².